The molecule has 0 heterocycles. The van der Waals surface area contributed by atoms with Crippen LogP contribution in [0, 0.1) is 0 Å². The maximum Gasteiger partial charge on any atom is 0.265 e. The summed E-state index contributed by atoms with van der Waals surface area (Å²) in [5, 5.41) is 3.45. The Kier molecular flexibility index (Phi) is 12.8. The molecule has 0 aromatic heterocycles. The Balaban J connectivity index is 2.20. The van der Waals surface area contributed by atoms with Gasteiger partial charge in [0.25, 0.3) is 10.0 Å². The van der Waals surface area contributed by atoms with E-state index in [0.29, 0.717) is 23.5 Å². The zero-order chi connectivity index (χ0) is 34.2. The number of methoxy groups -OCH3 is 4. The van der Waals surface area contributed by atoms with Crippen LogP contribution in [0.25, 0.3) is 0 Å². The fourth-order valence-corrected chi connectivity index (χ4v) is 6.46. The Bertz CT molecular complexity index is 1630. The van der Waals surface area contributed by atoms with Gasteiger partial charge in [-0.1, -0.05) is 36.2 Å². The number of hydrogen-bond donors (Lipinski definition) is 1. The average Bonchev–Trinajstić information content (AvgIpc) is 3.05. The van der Waals surface area contributed by atoms with E-state index < -0.39 is 34.4 Å². The normalized spacial score (nSPS) is 12.5. The number of sulfonamides is 1. The topological polar surface area (TPSA) is 124 Å². The van der Waals surface area contributed by atoms with E-state index in [9.17, 15) is 18.0 Å². The Morgan fingerprint density at radius 3 is 2.02 bits per heavy atom. The number of rotatable bonds is 15. The van der Waals surface area contributed by atoms with Gasteiger partial charge in [0.15, 0.2) is 11.5 Å². The first-order chi connectivity index (χ1) is 21.8. The van der Waals surface area contributed by atoms with Crippen LogP contribution in [0.1, 0.15) is 32.8 Å². The van der Waals surface area contributed by atoms with Gasteiger partial charge in [-0.05, 0) is 56.7 Å². The lowest BCUT2D eigenvalue weighted by molar-refractivity contribution is -0.139. The third-order valence-electron chi connectivity index (χ3n) is 7.44. The summed E-state index contributed by atoms with van der Waals surface area (Å²) in [5.74, 6) is -0.196. The monoisotopic (exact) mass is 695 g/mol. The summed E-state index contributed by atoms with van der Waals surface area (Å²) in [6.07, 6.45) is 0.662. The molecule has 1 N–H and O–H groups in total. The fraction of sp³-hybridized carbons (Fsp3) is 0.375. The zero-order valence-corrected chi connectivity index (χ0v) is 29.1. The highest BCUT2D eigenvalue weighted by Crippen LogP contribution is 2.38. The number of ether oxygens (including phenoxy) is 4. The van der Waals surface area contributed by atoms with Gasteiger partial charge in [0.05, 0.1) is 39.0 Å². The van der Waals surface area contributed by atoms with Gasteiger partial charge in [-0.15, -0.1) is 0 Å². The smallest absolute Gasteiger partial charge is 0.265 e. The molecule has 3 aromatic rings. The fourth-order valence-electron chi connectivity index (χ4n) is 4.51. The van der Waals surface area contributed by atoms with E-state index in [-0.39, 0.29) is 44.7 Å². The molecule has 14 heteroatoms. The first-order valence-electron chi connectivity index (χ1n) is 14.3. The van der Waals surface area contributed by atoms with Crippen LogP contribution in [0.5, 0.6) is 23.0 Å². The van der Waals surface area contributed by atoms with Crippen molar-refractivity contribution in [3.05, 3.63) is 70.2 Å². The van der Waals surface area contributed by atoms with Crippen LogP contribution in [0.2, 0.25) is 10.0 Å². The van der Waals surface area contributed by atoms with Crippen molar-refractivity contribution < 1.29 is 37.0 Å². The Morgan fingerprint density at radius 2 is 1.46 bits per heavy atom. The second-order valence-corrected chi connectivity index (χ2v) is 13.0. The van der Waals surface area contributed by atoms with Crippen LogP contribution < -0.4 is 28.6 Å². The SMILES string of the molecule is CC[C@@H](C)NC(=O)[C@H](C)N(Cc1c(Cl)cccc1Cl)C(=O)CN(c1cc(OC)ccc1OC)S(=O)(=O)c1ccc(OC)c(OC)c1. The molecule has 0 unspecified atom stereocenters. The highest BCUT2D eigenvalue weighted by Gasteiger charge is 2.35. The quantitative estimate of drug-likeness (QED) is 0.219. The second-order valence-electron chi connectivity index (χ2n) is 10.3. The van der Waals surface area contributed by atoms with Crippen molar-refractivity contribution in [2.24, 2.45) is 0 Å². The maximum absolute atomic E-state index is 14.4. The Morgan fingerprint density at radius 1 is 0.848 bits per heavy atom. The number of nitrogens with zero attached hydrogens (tertiary/aromatic N) is 2. The van der Waals surface area contributed by atoms with Crippen molar-refractivity contribution in [1.29, 1.82) is 0 Å². The van der Waals surface area contributed by atoms with E-state index in [0.717, 1.165) is 4.31 Å². The molecule has 0 aliphatic heterocycles. The number of hydrogen-bond acceptors (Lipinski definition) is 8. The van der Waals surface area contributed by atoms with E-state index in [1.807, 2.05) is 13.8 Å². The van der Waals surface area contributed by atoms with Gasteiger partial charge in [0.1, 0.15) is 24.1 Å². The molecule has 0 bridgehead atoms. The van der Waals surface area contributed by atoms with Gasteiger partial charge in [-0.25, -0.2) is 8.42 Å². The molecule has 0 fully saturated rings. The minimum atomic E-state index is -4.49. The summed E-state index contributed by atoms with van der Waals surface area (Å²) in [5.41, 5.74) is 0.424. The number of amides is 2. The van der Waals surface area contributed by atoms with Crippen molar-refractivity contribution in [1.82, 2.24) is 10.2 Å². The van der Waals surface area contributed by atoms with Crippen molar-refractivity contribution in [2.45, 2.75) is 50.7 Å². The number of halogens is 2. The third-order valence-corrected chi connectivity index (χ3v) is 9.90. The molecule has 0 saturated carbocycles. The number of anilines is 1. The van der Waals surface area contributed by atoms with Crippen LogP contribution in [-0.4, -0.2) is 72.2 Å². The highest BCUT2D eigenvalue weighted by molar-refractivity contribution is 7.92. The zero-order valence-electron chi connectivity index (χ0n) is 26.8. The summed E-state index contributed by atoms with van der Waals surface area (Å²) in [6, 6.07) is 12.3. The molecule has 2 amide bonds. The van der Waals surface area contributed by atoms with E-state index in [1.54, 1.807) is 31.2 Å². The summed E-state index contributed by atoms with van der Waals surface area (Å²) < 4.78 is 51.3. The van der Waals surface area contributed by atoms with E-state index in [4.69, 9.17) is 42.1 Å². The second kappa shape index (κ2) is 16.1. The standard InChI is InChI=1S/C32H39Cl2N3O8S/c1-8-20(2)35-32(39)21(3)36(18-24-25(33)10-9-11-26(24)34)31(38)19-37(27-16-22(42-4)12-14-28(27)43-5)46(40,41)23-13-15-29(44-6)30(17-23)45-7/h9-17,20-21H,8,18-19H2,1-7H3,(H,35,39)/t20-,21+/m1/s1. The van der Waals surface area contributed by atoms with Gasteiger partial charge in [-0.2, -0.15) is 0 Å². The molecule has 3 rings (SSSR count). The predicted octanol–water partition coefficient (Wildman–Crippen LogP) is 5.56. The van der Waals surface area contributed by atoms with Gasteiger partial charge < -0.3 is 29.2 Å². The Hall–Kier alpha value is -3.87. The first kappa shape index (κ1) is 36.6. The van der Waals surface area contributed by atoms with Crippen molar-refractivity contribution >= 4 is 50.7 Å². The van der Waals surface area contributed by atoms with Crippen molar-refractivity contribution in [2.75, 3.05) is 39.3 Å². The molecule has 2 atom stereocenters. The average molecular weight is 697 g/mol. The van der Waals surface area contributed by atoms with Crippen LogP contribution in [0.15, 0.2) is 59.5 Å². The lowest BCUT2D eigenvalue weighted by Gasteiger charge is -2.33. The molecule has 0 aliphatic carbocycles. The molecule has 250 valence electrons. The maximum atomic E-state index is 14.4. The van der Waals surface area contributed by atoms with Crippen molar-refractivity contribution in [3.63, 3.8) is 0 Å². The predicted molar refractivity (Wildman–Crippen MR) is 178 cm³/mol. The summed E-state index contributed by atoms with van der Waals surface area (Å²) >= 11 is 12.9. The minimum Gasteiger partial charge on any atom is -0.497 e. The molecular formula is C32H39Cl2N3O8S. The molecule has 3 aromatic carbocycles. The van der Waals surface area contributed by atoms with Crippen LogP contribution in [-0.2, 0) is 26.2 Å². The van der Waals surface area contributed by atoms with E-state index in [1.165, 1.54) is 63.7 Å². The number of carbonyl (C=O) groups is 2. The summed E-state index contributed by atoms with van der Waals surface area (Å²) in [7, 11) is 1.12. The molecule has 0 aliphatic rings. The third kappa shape index (κ3) is 8.28. The van der Waals surface area contributed by atoms with Crippen LogP contribution >= 0.6 is 23.2 Å². The highest BCUT2D eigenvalue weighted by atomic mass is 35.5. The van der Waals surface area contributed by atoms with Gasteiger partial charge in [-0.3, -0.25) is 13.9 Å². The summed E-state index contributed by atoms with van der Waals surface area (Å²) in [6.45, 7) is 4.41. The first-order valence-corrected chi connectivity index (χ1v) is 16.5. The lowest BCUT2D eigenvalue weighted by Crippen LogP contribution is -2.52. The minimum absolute atomic E-state index is 0.0254. The summed E-state index contributed by atoms with van der Waals surface area (Å²) in [4.78, 5) is 28.7. The van der Waals surface area contributed by atoms with E-state index >= 15 is 0 Å². The molecule has 46 heavy (non-hydrogen) atoms. The van der Waals surface area contributed by atoms with Crippen molar-refractivity contribution in [3.8, 4) is 23.0 Å². The number of benzene rings is 3. The molecular weight excluding hydrogens is 657 g/mol. The van der Waals surface area contributed by atoms with Gasteiger partial charge in [0.2, 0.25) is 11.8 Å². The molecule has 0 spiro atoms. The Labute approximate surface area is 280 Å². The molecule has 0 saturated heterocycles. The van der Waals surface area contributed by atoms with Gasteiger partial charge >= 0.3 is 0 Å². The lowest BCUT2D eigenvalue weighted by atomic mass is 10.1. The molecule has 0 radical (unpaired) electrons. The van der Waals surface area contributed by atoms with Crippen LogP contribution in [0.3, 0.4) is 0 Å². The number of carbonyl (C=O) groups excluding carboxylic acids is 2. The largest absolute Gasteiger partial charge is 0.497 e. The van der Waals surface area contributed by atoms with Crippen LogP contribution in [0.4, 0.5) is 5.69 Å². The van der Waals surface area contributed by atoms with E-state index in [2.05, 4.69) is 5.32 Å². The number of nitrogens with one attached hydrogen (secondary N) is 1. The molecule has 11 nitrogen and oxygen atoms in total. The van der Waals surface area contributed by atoms with Gasteiger partial charge in [0, 0.05) is 40.3 Å².